The number of carbonyl (C=O) groups is 2. The normalized spacial score (nSPS) is 10.6. The van der Waals surface area contributed by atoms with Gasteiger partial charge in [0.15, 0.2) is 23.1 Å². The van der Waals surface area contributed by atoms with Crippen molar-refractivity contribution in [1.82, 2.24) is 0 Å². The minimum atomic E-state index is -0.193. The van der Waals surface area contributed by atoms with Crippen molar-refractivity contribution in [1.29, 1.82) is 0 Å². The number of benzene rings is 2. The zero-order chi connectivity index (χ0) is 20.0. The van der Waals surface area contributed by atoms with Gasteiger partial charge in [0.1, 0.15) is 5.75 Å². The van der Waals surface area contributed by atoms with E-state index in [-0.39, 0.29) is 29.5 Å². The fourth-order valence-corrected chi connectivity index (χ4v) is 2.53. The fourth-order valence-electron chi connectivity index (χ4n) is 2.53. The molecule has 5 nitrogen and oxygen atoms in total. The Hall–Kier alpha value is -3.34. The van der Waals surface area contributed by atoms with Crippen molar-refractivity contribution >= 4 is 17.6 Å². The van der Waals surface area contributed by atoms with Gasteiger partial charge >= 0.3 is 0 Å². The molecule has 1 N–H and O–H groups in total. The number of Topliss-reactive ketones (excluding diaryl/α,β-unsaturated/α-hetero) is 1. The van der Waals surface area contributed by atoms with Gasteiger partial charge in [0.05, 0.1) is 14.2 Å². The first kappa shape index (κ1) is 20.0. The third-order valence-corrected chi connectivity index (χ3v) is 4.08. The van der Waals surface area contributed by atoms with Crippen molar-refractivity contribution in [3.05, 3.63) is 71.3 Å². The maximum absolute atomic E-state index is 12.4. The van der Waals surface area contributed by atoms with Gasteiger partial charge in [0.25, 0.3) is 0 Å². The quantitative estimate of drug-likeness (QED) is 0.565. The van der Waals surface area contributed by atoms with Gasteiger partial charge in [-0.25, -0.2) is 0 Å². The molecule has 2 rings (SSSR count). The summed E-state index contributed by atoms with van der Waals surface area (Å²) in [6.45, 7) is 5.28. The molecule has 0 saturated carbocycles. The van der Waals surface area contributed by atoms with Crippen LogP contribution in [0, 0.1) is 0 Å². The lowest BCUT2D eigenvalue weighted by Crippen LogP contribution is -2.07. The van der Waals surface area contributed by atoms with Crippen LogP contribution in [0.1, 0.15) is 28.4 Å². The molecule has 0 unspecified atom stereocenters. The first-order valence-corrected chi connectivity index (χ1v) is 8.31. The van der Waals surface area contributed by atoms with E-state index in [1.807, 2.05) is 0 Å². The first-order valence-electron chi connectivity index (χ1n) is 8.31. The van der Waals surface area contributed by atoms with Crippen LogP contribution in [0.5, 0.6) is 17.2 Å². The van der Waals surface area contributed by atoms with Crippen LogP contribution in [0.2, 0.25) is 0 Å². The van der Waals surface area contributed by atoms with Gasteiger partial charge in [-0.05, 0) is 54.5 Å². The second kappa shape index (κ2) is 8.85. The molecule has 0 bridgehead atoms. The van der Waals surface area contributed by atoms with Crippen LogP contribution in [-0.2, 0) is 11.2 Å². The highest BCUT2D eigenvalue weighted by Gasteiger charge is 2.16. The molecule has 0 heterocycles. The number of aromatic hydroxyl groups is 1. The molecule has 27 heavy (non-hydrogen) atoms. The van der Waals surface area contributed by atoms with Gasteiger partial charge in [0.2, 0.25) is 0 Å². The number of allylic oxidation sites excluding steroid dienone is 2. The van der Waals surface area contributed by atoms with Crippen LogP contribution < -0.4 is 9.47 Å². The zero-order valence-electron chi connectivity index (χ0n) is 15.6. The second-order valence-electron chi connectivity index (χ2n) is 5.99. The van der Waals surface area contributed by atoms with Crippen LogP contribution in [0.25, 0.3) is 6.08 Å². The highest BCUT2D eigenvalue weighted by molar-refractivity contribution is 6.07. The summed E-state index contributed by atoms with van der Waals surface area (Å²) in [5, 5.41) is 10.0. The number of hydrogen-bond acceptors (Lipinski definition) is 5. The van der Waals surface area contributed by atoms with Crippen LogP contribution >= 0.6 is 0 Å². The summed E-state index contributed by atoms with van der Waals surface area (Å²) < 4.78 is 10.3. The van der Waals surface area contributed by atoms with Crippen LogP contribution in [0.4, 0.5) is 0 Å². The van der Waals surface area contributed by atoms with Crippen molar-refractivity contribution in [2.24, 2.45) is 0 Å². The molecule has 0 aliphatic heterocycles. The van der Waals surface area contributed by atoms with E-state index in [4.69, 9.17) is 9.47 Å². The van der Waals surface area contributed by atoms with E-state index in [9.17, 15) is 14.7 Å². The summed E-state index contributed by atoms with van der Waals surface area (Å²) in [7, 11) is 2.97. The van der Waals surface area contributed by atoms with E-state index in [0.717, 1.165) is 0 Å². The lowest BCUT2D eigenvalue weighted by Gasteiger charge is -2.13. The summed E-state index contributed by atoms with van der Waals surface area (Å²) in [4.78, 5) is 24.5. The molecular formula is C22H22O5. The van der Waals surface area contributed by atoms with Crippen LogP contribution in [0.3, 0.4) is 0 Å². The summed E-state index contributed by atoms with van der Waals surface area (Å²) in [5.41, 5.74) is 2.03. The summed E-state index contributed by atoms with van der Waals surface area (Å²) in [6.07, 6.45) is 3.04. The molecule has 0 saturated heterocycles. The lowest BCUT2D eigenvalue weighted by atomic mass is 9.97. The molecule has 0 aliphatic carbocycles. The molecule has 0 aromatic heterocycles. The number of methoxy groups -OCH3 is 2. The van der Waals surface area contributed by atoms with Crippen LogP contribution in [0.15, 0.2) is 54.6 Å². The predicted octanol–water partition coefficient (Wildman–Crippen LogP) is 3.99. The Morgan fingerprint density at radius 1 is 1.07 bits per heavy atom. The molecule has 0 aliphatic rings. The first-order chi connectivity index (χ1) is 12.9. The Bertz CT molecular complexity index is 892. The van der Waals surface area contributed by atoms with E-state index >= 15 is 0 Å². The molecular weight excluding hydrogens is 344 g/mol. The second-order valence-corrected chi connectivity index (χ2v) is 5.99. The van der Waals surface area contributed by atoms with Crippen molar-refractivity contribution in [3.63, 3.8) is 0 Å². The number of phenolic OH excluding ortho intramolecular Hbond substituents is 1. The average molecular weight is 366 g/mol. The molecule has 5 heteroatoms. The number of ketones is 2. The number of phenols is 1. The van der Waals surface area contributed by atoms with Gasteiger partial charge in [-0.2, -0.15) is 0 Å². The third-order valence-electron chi connectivity index (χ3n) is 4.08. The number of hydrogen-bond donors (Lipinski definition) is 1. The Morgan fingerprint density at radius 3 is 2.30 bits per heavy atom. The van der Waals surface area contributed by atoms with Gasteiger partial charge in [-0.15, -0.1) is 0 Å². The molecule has 2 aromatic carbocycles. The third kappa shape index (κ3) is 4.85. The number of carbonyl (C=O) groups excluding carboxylic acids is 2. The minimum Gasteiger partial charge on any atom is -0.504 e. The standard InChI is InChI=1S/C22H22O5/c1-14(2)21(25)13-18-15(8-12-20(24)22(18)27-4)7-11-19(23)16-5-9-17(26-3)10-6-16/h5-12,24H,1,13H2,2-4H3/b11-7+. The molecule has 140 valence electrons. The summed E-state index contributed by atoms with van der Waals surface area (Å²) in [6, 6.07) is 9.87. The number of ether oxygens (including phenoxy) is 2. The van der Waals surface area contributed by atoms with Gasteiger partial charge in [-0.1, -0.05) is 18.7 Å². The lowest BCUT2D eigenvalue weighted by molar-refractivity contribution is -0.114. The molecule has 0 radical (unpaired) electrons. The molecule has 0 atom stereocenters. The van der Waals surface area contributed by atoms with Crippen molar-refractivity contribution in [2.45, 2.75) is 13.3 Å². The minimum absolute atomic E-state index is 0.0172. The van der Waals surface area contributed by atoms with E-state index < -0.39 is 0 Å². The zero-order valence-corrected chi connectivity index (χ0v) is 15.6. The molecule has 0 fully saturated rings. The van der Waals surface area contributed by atoms with E-state index in [0.29, 0.717) is 28.0 Å². The summed E-state index contributed by atoms with van der Waals surface area (Å²) >= 11 is 0. The highest BCUT2D eigenvalue weighted by atomic mass is 16.5. The van der Waals surface area contributed by atoms with E-state index in [2.05, 4.69) is 6.58 Å². The van der Waals surface area contributed by atoms with E-state index in [1.165, 1.54) is 19.3 Å². The topological polar surface area (TPSA) is 72.8 Å². The molecule has 0 spiro atoms. The van der Waals surface area contributed by atoms with Crippen molar-refractivity contribution in [2.75, 3.05) is 14.2 Å². The van der Waals surface area contributed by atoms with Crippen LogP contribution in [-0.4, -0.2) is 30.9 Å². The van der Waals surface area contributed by atoms with Crippen molar-refractivity contribution < 1.29 is 24.2 Å². The highest BCUT2D eigenvalue weighted by Crippen LogP contribution is 2.34. The van der Waals surface area contributed by atoms with Gasteiger partial charge in [0, 0.05) is 17.5 Å². The maximum Gasteiger partial charge on any atom is 0.185 e. The summed E-state index contributed by atoms with van der Waals surface area (Å²) in [5.74, 6) is 0.445. The predicted molar refractivity (Wildman–Crippen MR) is 105 cm³/mol. The van der Waals surface area contributed by atoms with Gasteiger partial charge in [-0.3, -0.25) is 9.59 Å². The maximum atomic E-state index is 12.4. The van der Waals surface area contributed by atoms with Gasteiger partial charge < -0.3 is 14.6 Å². The Kier molecular flexibility index (Phi) is 6.55. The molecule has 0 amide bonds. The Labute approximate surface area is 158 Å². The monoisotopic (exact) mass is 366 g/mol. The average Bonchev–Trinajstić information content (AvgIpc) is 2.67. The largest absolute Gasteiger partial charge is 0.504 e. The Balaban J connectivity index is 2.35. The fraction of sp³-hybridized carbons (Fsp3) is 0.182. The SMILES string of the molecule is C=C(C)C(=O)Cc1c(/C=C/C(=O)c2ccc(OC)cc2)ccc(O)c1OC. The molecule has 2 aromatic rings. The smallest absolute Gasteiger partial charge is 0.185 e. The van der Waals surface area contributed by atoms with Crippen molar-refractivity contribution in [3.8, 4) is 17.2 Å². The van der Waals surface area contributed by atoms with E-state index in [1.54, 1.807) is 50.4 Å². The Morgan fingerprint density at radius 2 is 1.74 bits per heavy atom. The number of rotatable bonds is 8.